The van der Waals surface area contributed by atoms with Gasteiger partial charge in [-0.05, 0) is 43.3 Å². The molecule has 2 fully saturated rings. The third kappa shape index (κ3) is 5.24. The molecule has 0 spiro atoms. The second-order valence-electron chi connectivity index (χ2n) is 8.06. The Balaban J connectivity index is 1.59. The minimum absolute atomic E-state index is 0.0293. The molecule has 12 heteroatoms. The van der Waals surface area contributed by atoms with Crippen molar-refractivity contribution in [1.82, 2.24) is 9.79 Å². The summed E-state index contributed by atoms with van der Waals surface area (Å²) in [5, 5.41) is 9.12. The molecule has 2 heterocycles. The van der Waals surface area contributed by atoms with Crippen LogP contribution in [0.15, 0.2) is 24.0 Å². The molecule has 0 aromatic rings. The van der Waals surface area contributed by atoms with Crippen LogP contribution in [0.5, 0.6) is 0 Å². The van der Waals surface area contributed by atoms with E-state index in [0.717, 1.165) is 0 Å². The molecule has 1 aliphatic carbocycles. The zero-order valence-electron chi connectivity index (χ0n) is 16.9. The lowest BCUT2D eigenvalue weighted by Crippen LogP contribution is -2.60. The first-order valence-corrected chi connectivity index (χ1v) is 11.6. The first-order chi connectivity index (χ1) is 14.6. The van der Waals surface area contributed by atoms with Crippen LogP contribution in [-0.4, -0.2) is 67.7 Å². The van der Waals surface area contributed by atoms with E-state index in [2.05, 4.69) is 0 Å². The number of carbonyl (C=O) groups is 1. The lowest BCUT2D eigenvalue weighted by atomic mass is 9.81. The topological polar surface area (TPSA) is 105 Å². The van der Waals surface area contributed by atoms with Crippen molar-refractivity contribution in [3.63, 3.8) is 0 Å². The summed E-state index contributed by atoms with van der Waals surface area (Å²) < 4.78 is 73.0. The van der Waals surface area contributed by atoms with Crippen LogP contribution in [0, 0.1) is 11.8 Å². The molecule has 1 atom stereocenters. The van der Waals surface area contributed by atoms with Gasteiger partial charge >= 0.3 is 6.18 Å². The molecule has 3 rings (SSSR count). The van der Waals surface area contributed by atoms with Crippen LogP contribution in [0.1, 0.15) is 32.1 Å². The number of sulfonamides is 1. The zero-order chi connectivity index (χ0) is 22.7. The summed E-state index contributed by atoms with van der Waals surface area (Å²) in [6, 6.07) is 0. The number of hydrogen-bond donors (Lipinski definition) is 2. The van der Waals surface area contributed by atoms with Crippen LogP contribution in [0.2, 0.25) is 0 Å². The number of nitrogens with one attached hydrogen (secondary N) is 1. The third-order valence-corrected chi connectivity index (χ3v) is 8.88. The van der Waals surface area contributed by atoms with E-state index >= 15 is 0 Å². The van der Waals surface area contributed by atoms with Crippen molar-refractivity contribution in [2.45, 2.75) is 43.0 Å². The van der Waals surface area contributed by atoms with Gasteiger partial charge in [-0.25, -0.2) is 18.2 Å². The van der Waals surface area contributed by atoms with Crippen molar-refractivity contribution in [2.75, 3.05) is 32.9 Å². The normalized spacial score (nSPS) is 25.7. The number of allylic oxidation sites excluding steroid dienone is 3. The second kappa shape index (κ2) is 9.47. The smallest absolute Gasteiger partial charge is 0.422 e. The summed E-state index contributed by atoms with van der Waals surface area (Å²) in [5.41, 5.74) is 1.51. The number of halogens is 3. The van der Waals surface area contributed by atoms with Gasteiger partial charge in [0.15, 0.2) is 11.4 Å². The molecule has 3 aliphatic rings. The first-order valence-electron chi connectivity index (χ1n) is 10.2. The molecule has 1 unspecified atom stereocenters. The highest BCUT2D eigenvalue weighted by Crippen LogP contribution is 2.37. The van der Waals surface area contributed by atoms with Gasteiger partial charge in [-0.2, -0.15) is 13.2 Å². The van der Waals surface area contributed by atoms with Crippen LogP contribution in [0.25, 0.3) is 0 Å². The van der Waals surface area contributed by atoms with E-state index in [9.17, 15) is 26.4 Å². The van der Waals surface area contributed by atoms with E-state index in [1.807, 2.05) is 6.08 Å². The Morgan fingerprint density at radius 3 is 2.45 bits per heavy atom. The molecule has 1 amide bonds. The molecule has 0 radical (unpaired) electrons. The van der Waals surface area contributed by atoms with E-state index in [0.29, 0.717) is 19.3 Å². The highest BCUT2D eigenvalue weighted by atomic mass is 32.2. The second-order valence-corrected chi connectivity index (χ2v) is 10.3. The van der Waals surface area contributed by atoms with E-state index in [4.69, 9.17) is 14.7 Å². The molecule has 0 aromatic heterocycles. The van der Waals surface area contributed by atoms with Crippen LogP contribution in [-0.2, 0) is 24.3 Å². The average molecular weight is 468 g/mol. The maximum atomic E-state index is 13.3. The van der Waals surface area contributed by atoms with Gasteiger partial charge in [0.25, 0.3) is 5.91 Å². The number of piperidine rings is 1. The minimum atomic E-state index is -4.39. The van der Waals surface area contributed by atoms with Gasteiger partial charge in [-0.1, -0.05) is 6.08 Å². The molecule has 2 aliphatic heterocycles. The lowest BCUT2D eigenvalue weighted by molar-refractivity contribution is -0.163. The first kappa shape index (κ1) is 24.0. The standard InChI is InChI=1S/C19H27F3N2O6S/c20-19(21,22)13-30-16-3-1-14(2-4-16)15-5-9-24(10-6-15)31(27,28)18(17(25)23-26)7-11-29-12-8-18/h1,3-4,14-15,26H,2,5-13H2,(H,23,25). The van der Waals surface area contributed by atoms with Crippen molar-refractivity contribution in [1.29, 1.82) is 0 Å². The number of alkyl halides is 3. The molecule has 0 saturated carbocycles. The van der Waals surface area contributed by atoms with Gasteiger partial charge in [0, 0.05) is 39.1 Å². The van der Waals surface area contributed by atoms with Crippen molar-refractivity contribution in [3.05, 3.63) is 24.0 Å². The van der Waals surface area contributed by atoms with E-state index < -0.39 is 33.5 Å². The number of nitrogens with zero attached hydrogens (tertiary/aromatic N) is 1. The summed E-state index contributed by atoms with van der Waals surface area (Å²) in [5.74, 6) is -0.504. The monoisotopic (exact) mass is 468 g/mol. The molecule has 0 bridgehead atoms. The maximum absolute atomic E-state index is 13.3. The summed E-state index contributed by atoms with van der Waals surface area (Å²) in [4.78, 5) is 12.3. The Kier molecular flexibility index (Phi) is 7.34. The Morgan fingerprint density at radius 2 is 1.94 bits per heavy atom. The minimum Gasteiger partial charge on any atom is -0.484 e. The molecule has 2 saturated heterocycles. The Hall–Kier alpha value is -1.63. The summed E-state index contributed by atoms with van der Waals surface area (Å²) in [6.45, 7) is -0.639. The predicted octanol–water partition coefficient (Wildman–Crippen LogP) is 2.12. The molecular formula is C19H27F3N2O6S. The molecule has 0 aromatic carbocycles. The van der Waals surface area contributed by atoms with Crippen molar-refractivity contribution in [2.24, 2.45) is 11.8 Å². The molecular weight excluding hydrogens is 441 g/mol. The van der Waals surface area contributed by atoms with E-state index in [1.54, 1.807) is 6.08 Å². The fourth-order valence-corrected chi connectivity index (χ4v) is 6.58. The fourth-order valence-electron chi connectivity index (χ4n) is 4.44. The van der Waals surface area contributed by atoms with Gasteiger partial charge in [0.2, 0.25) is 10.0 Å². The fraction of sp³-hybridized carbons (Fsp3) is 0.737. The van der Waals surface area contributed by atoms with Gasteiger partial charge in [-0.3, -0.25) is 10.0 Å². The van der Waals surface area contributed by atoms with Crippen molar-refractivity contribution >= 4 is 15.9 Å². The number of amides is 1. The van der Waals surface area contributed by atoms with Gasteiger partial charge in [0.1, 0.15) is 5.76 Å². The SMILES string of the molecule is O=C(NO)C1(S(=O)(=O)N2CCC(C3C=CC(OCC(F)(F)F)=CC3)CC2)CCOCC1. The Bertz CT molecular complexity index is 813. The van der Waals surface area contributed by atoms with Gasteiger partial charge in [-0.15, -0.1) is 0 Å². The largest absolute Gasteiger partial charge is 0.484 e. The van der Waals surface area contributed by atoms with Gasteiger partial charge < -0.3 is 9.47 Å². The van der Waals surface area contributed by atoms with Crippen LogP contribution in [0.4, 0.5) is 13.2 Å². The molecule has 8 nitrogen and oxygen atoms in total. The number of ether oxygens (including phenoxy) is 2. The lowest BCUT2D eigenvalue weighted by Gasteiger charge is -2.41. The third-order valence-electron chi connectivity index (χ3n) is 6.25. The van der Waals surface area contributed by atoms with Crippen LogP contribution < -0.4 is 5.48 Å². The molecule has 2 N–H and O–H groups in total. The highest BCUT2D eigenvalue weighted by Gasteiger charge is 2.54. The number of rotatable bonds is 6. The summed E-state index contributed by atoms with van der Waals surface area (Å²) in [6.07, 6.45) is 2.18. The highest BCUT2D eigenvalue weighted by molar-refractivity contribution is 7.91. The summed E-state index contributed by atoms with van der Waals surface area (Å²) in [7, 11) is -4.02. The van der Waals surface area contributed by atoms with Crippen molar-refractivity contribution < 1.29 is 41.1 Å². The van der Waals surface area contributed by atoms with E-state index in [-0.39, 0.29) is 56.7 Å². The Labute approximate surface area is 179 Å². The van der Waals surface area contributed by atoms with Crippen molar-refractivity contribution in [3.8, 4) is 0 Å². The van der Waals surface area contributed by atoms with Crippen LogP contribution >= 0.6 is 0 Å². The summed E-state index contributed by atoms with van der Waals surface area (Å²) >= 11 is 0. The van der Waals surface area contributed by atoms with Crippen LogP contribution in [0.3, 0.4) is 0 Å². The van der Waals surface area contributed by atoms with Gasteiger partial charge in [0.05, 0.1) is 0 Å². The number of hydrogen-bond acceptors (Lipinski definition) is 6. The molecule has 176 valence electrons. The predicted molar refractivity (Wildman–Crippen MR) is 103 cm³/mol. The zero-order valence-corrected chi connectivity index (χ0v) is 17.8. The molecule has 31 heavy (non-hydrogen) atoms. The van der Waals surface area contributed by atoms with E-state index in [1.165, 1.54) is 15.9 Å². The quantitative estimate of drug-likeness (QED) is 0.457. The average Bonchev–Trinajstić information content (AvgIpc) is 2.77. The maximum Gasteiger partial charge on any atom is 0.422 e. The number of carbonyl (C=O) groups excluding carboxylic acids is 1. The number of hydroxylamine groups is 1. The Morgan fingerprint density at radius 1 is 1.29 bits per heavy atom.